The molecule has 1 unspecified atom stereocenters. The van der Waals surface area contributed by atoms with Crippen LogP contribution >= 0.6 is 0 Å². The zero-order valence-corrected chi connectivity index (χ0v) is 11.7. The largest absolute Gasteiger partial charge is 0.345 e. The van der Waals surface area contributed by atoms with Gasteiger partial charge in [0, 0.05) is 0 Å². The fraction of sp³-hybridized carbons (Fsp3) is 0.923. The predicted octanol–water partition coefficient (Wildman–Crippen LogP) is 3.72. The molecule has 0 amide bonds. The molecule has 0 N–H and O–H groups in total. The highest BCUT2D eigenvalue weighted by Crippen LogP contribution is 2.24. The number of hydrogen-bond donors (Lipinski definition) is 0. The molecule has 0 spiro atoms. The molecule has 0 aliphatic heterocycles. The minimum absolute atomic E-state index is 0.110. The monoisotopic (exact) mass is 230 g/mol. The van der Waals surface area contributed by atoms with Crippen molar-refractivity contribution in [2.45, 2.75) is 66.9 Å². The quantitative estimate of drug-likeness (QED) is 0.545. The van der Waals surface area contributed by atoms with Crippen LogP contribution in [-0.2, 0) is 14.6 Å². The van der Waals surface area contributed by atoms with Crippen molar-refractivity contribution in [1.82, 2.24) is 0 Å². The van der Waals surface area contributed by atoms with Crippen molar-refractivity contribution in [3.05, 3.63) is 0 Å². The molecule has 0 fully saturated rings. The second kappa shape index (κ2) is 5.67. The van der Waals surface area contributed by atoms with Crippen molar-refractivity contribution in [2.24, 2.45) is 11.3 Å². The van der Waals surface area contributed by atoms with Crippen LogP contribution < -0.4 is 0 Å². The lowest BCUT2D eigenvalue weighted by Gasteiger charge is -2.21. The van der Waals surface area contributed by atoms with Crippen LogP contribution in [0.25, 0.3) is 0 Å². The summed E-state index contributed by atoms with van der Waals surface area (Å²) in [6, 6.07) is 0. The molecule has 3 nitrogen and oxygen atoms in total. The summed E-state index contributed by atoms with van der Waals surface area (Å²) >= 11 is 0. The summed E-state index contributed by atoms with van der Waals surface area (Å²) in [6.07, 6.45) is 1.83. The molecular weight excluding hydrogens is 204 g/mol. The van der Waals surface area contributed by atoms with E-state index in [9.17, 15) is 4.79 Å². The predicted molar refractivity (Wildman–Crippen MR) is 64.8 cm³/mol. The maximum absolute atomic E-state index is 11.6. The fourth-order valence-corrected chi connectivity index (χ4v) is 1.02. The van der Waals surface area contributed by atoms with E-state index in [0.717, 1.165) is 12.8 Å². The maximum Gasteiger partial charge on any atom is 0.345 e. The SMILES string of the molecule is CC(CCC(C)(C)C)C(=O)OOC(C)(C)C. The Labute approximate surface area is 99.4 Å². The van der Waals surface area contributed by atoms with Gasteiger partial charge in [0.1, 0.15) is 5.60 Å². The van der Waals surface area contributed by atoms with E-state index in [4.69, 9.17) is 9.78 Å². The first kappa shape index (κ1) is 15.4. The van der Waals surface area contributed by atoms with E-state index in [2.05, 4.69) is 20.8 Å². The third kappa shape index (κ3) is 8.72. The van der Waals surface area contributed by atoms with Crippen LogP contribution in [0.1, 0.15) is 61.3 Å². The highest BCUT2D eigenvalue weighted by molar-refractivity contribution is 5.71. The van der Waals surface area contributed by atoms with E-state index in [1.807, 2.05) is 27.7 Å². The molecular formula is C13H26O3. The Morgan fingerprint density at radius 2 is 1.62 bits per heavy atom. The highest BCUT2D eigenvalue weighted by atomic mass is 17.2. The smallest absolute Gasteiger partial charge is 0.298 e. The second-order valence-corrected chi connectivity index (χ2v) is 6.60. The van der Waals surface area contributed by atoms with Gasteiger partial charge in [0.25, 0.3) is 0 Å². The van der Waals surface area contributed by atoms with E-state index < -0.39 is 5.60 Å². The topological polar surface area (TPSA) is 35.5 Å². The molecule has 0 bridgehead atoms. The minimum Gasteiger partial charge on any atom is -0.298 e. The lowest BCUT2D eigenvalue weighted by atomic mass is 9.87. The van der Waals surface area contributed by atoms with E-state index in [1.165, 1.54) is 0 Å². The van der Waals surface area contributed by atoms with Gasteiger partial charge in [-0.2, -0.15) is 4.89 Å². The summed E-state index contributed by atoms with van der Waals surface area (Å²) in [6.45, 7) is 13.9. The standard InChI is InChI=1S/C13H26O3/c1-10(8-9-12(2,3)4)11(14)15-16-13(5,6)7/h10H,8-9H2,1-7H3. The molecule has 0 aromatic heterocycles. The first-order valence-corrected chi connectivity index (χ1v) is 5.91. The first-order valence-electron chi connectivity index (χ1n) is 5.91. The lowest BCUT2D eigenvalue weighted by Crippen LogP contribution is -2.25. The van der Waals surface area contributed by atoms with E-state index >= 15 is 0 Å². The Hall–Kier alpha value is -0.570. The lowest BCUT2D eigenvalue weighted by molar-refractivity contribution is -0.323. The van der Waals surface area contributed by atoms with E-state index in [-0.39, 0.29) is 17.3 Å². The van der Waals surface area contributed by atoms with Gasteiger partial charge in [0.15, 0.2) is 0 Å². The number of carbonyl (C=O) groups excluding carboxylic acids is 1. The Morgan fingerprint density at radius 1 is 1.12 bits per heavy atom. The van der Waals surface area contributed by atoms with Crippen LogP contribution in [0.3, 0.4) is 0 Å². The molecule has 1 atom stereocenters. The molecule has 0 aliphatic rings. The summed E-state index contributed by atoms with van der Waals surface area (Å²) in [5.74, 6) is -0.388. The molecule has 0 aromatic carbocycles. The molecule has 0 aliphatic carbocycles. The van der Waals surface area contributed by atoms with Crippen molar-refractivity contribution < 1.29 is 14.6 Å². The average molecular weight is 230 g/mol. The molecule has 0 radical (unpaired) electrons. The zero-order valence-electron chi connectivity index (χ0n) is 11.7. The van der Waals surface area contributed by atoms with Gasteiger partial charge in [0.2, 0.25) is 0 Å². The molecule has 0 aromatic rings. The van der Waals surface area contributed by atoms with Crippen molar-refractivity contribution in [3.8, 4) is 0 Å². The number of hydrogen-bond acceptors (Lipinski definition) is 3. The summed E-state index contributed by atoms with van der Waals surface area (Å²) < 4.78 is 0. The molecule has 0 saturated heterocycles. The Bertz CT molecular complexity index is 220. The minimum atomic E-state index is -0.445. The van der Waals surface area contributed by atoms with Gasteiger partial charge in [-0.05, 0) is 39.0 Å². The fourth-order valence-electron chi connectivity index (χ4n) is 1.02. The Morgan fingerprint density at radius 3 is 2.00 bits per heavy atom. The molecule has 96 valence electrons. The number of rotatable bonds is 4. The second-order valence-electron chi connectivity index (χ2n) is 6.60. The van der Waals surface area contributed by atoms with Gasteiger partial charge in [0.05, 0.1) is 5.92 Å². The molecule has 0 rings (SSSR count). The highest BCUT2D eigenvalue weighted by Gasteiger charge is 2.22. The summed E-state index contributed by atoms with van der Waals surface area (Å²) in [7, 11) is 0. The molecule has 0 saturated carbocycles. The van der Waals surface area contributed by atoms with Crippen LogP contribution in [0.15, 0.2) is 0 Å². The number of carbonyl (C=O) groups is 1. The van der Waals surface area contributed by atoms with Crippen molar-refractivity contribution >= 4 is 5.97 Å². The van der Waals surface area contributed by atoms with Gasteiger partial charge in [-0.15, -0.1) is 0 Å². The summed E-state index contributed by atoms with van der Waals surface area (Å²) in [4.78, 5) is 21.3. The zero-order chi connectivity index (χ0) is 13.0. The van der Waals surface area contributed by atoms with Gasteiger partial charge in [-0.3, -0.25) is 4.89 Å². The molecule has 16 heavy (non-hydrogen) atoms. The van der Waals surface area contributed by atoms with Crippen LogP contribution in [0, 0.1) is 11.3 Å². The van der Waals surface area contributed by atoms with E-state index in [0.29, 0.717) is 0 Å². The van der Waals surface area contributed by atoms with Gasteiger partial charge < -0.3 is 0 Å². The third-order valence-electron chi connectivity index (χ3n) is 2.10. The van der Waals surface area contributed by atoms with Gasteiger partial charge in [-0.25, -0.2) is 4.79 Å². The average Bonchev–Trinajstić information content (AvgIpc) is 2.07. The molecule has 0 heterocycles. The summed E-state index contributed by atoms with van der Waals surface area (Å²) in [5.41, 5.74) is -0.196. The van der Waals surface area contributed by atoms with Crippen LogP contribution in [-0.4, -0.2) is 11.6 Å². The first-order chi connectivity index (χ1) is 7.01. The third-order valence-corrected chi connectivity index (χ3v) is 2.10. The van der Waals surface area contributed by atoms with Crippen LogP contribution in [0.4, 0.5) is 0 Å². The maximum atomic E-state index is 11.6. The normalized spacial score (nSPS) is 14.7. The van der Waals surface area contributed by atoms with E-state index in [1.54, 1.807) is 0 Å². The summed E-state index contributed by atoms with van der Waals surface area (Å²) in [5, 5.41) is 0. The Kier molecular flexibility index (Phi) is 5.47. The van der Waals surface area contributed by atoms with Gasteiger partial charge in [-0.1, -0.05) is 27.7 Å². The van der Waals surface area contributed by atoms with Crippen molar-refractivity contribution in [3.63, 3.8) is 0 Å². The van der Waals surface area contributed by atoms with Crippen molar-refractivity contribution in [1.29, 1.82) is 0 Å². The van der Waals surface area contributed by atoms with Crippen LogP contribution in [0.5, 0.6) is 0 Å². The van der Waals surface area contributed by atoms with Crippen LogP contribution in [0.2, 0.25) is 0 Å². The van der Waals surface area contributed by atoms with Gasteiger partial charge >= 0.3 is 5.97 Å². The Balaban J connectivity index is 3.92. The van der Waals surface area contributed by atoms with Crippen molar-refractivity contribution in [2.75, 3.05) is 0 Å². The molecule has 3 heteroatoms.